The van der Waals surface area contributed by atoms with Crippen LogP contribution < -0.4 is 20.2 Å². The molecule has 2 aromatic carbocycles. The zero-order valence-corrected chi connectivity index (χ0v) is 17.7. The molecular weight excluding hydrogens is 421 g/mol. The van der Waals surface area contributed by atoms with E-state index in [1.54, 1.807) is 25.1 Å². The van der Waals surface area contributed by atoms with Crippen molar-refractivity contribution >= 4 is 29.7 Å². The number of esters is 1. The number of benzene rings is 2. The van der Waals surface area contributed by atoms with Crippen molar-refractivity contribution in [3.05, 3.63) is 53.8 Å². The second-order valence-electron chi connectivity index (χ2n) is 6.35. The summed E-state index contributed by atoms with van der Waals surface area (Å²) >= 11 is 0. The maximum Gasteiger partial charge on any atom is 0.344 e. The van der Waals surface area contributed by atoms with Crippen molar-refractivity contribution in [3.63, 3.8) is 0 Å². The first kappa shape index (κ1) is 24.3. The number of anilines is 1. The summed E-state index contributed by atoms with van der Waals surface area (Å²) in [5.74, 6) is -0.988. The summed E-state index contributed by atoms with van der Waals surface area (Å²) in [7, 11) is 1.45. The number of methoxy groups -OCH3 is 1. The molecule has 0 fully saturated rings. The Morgan fingerprint density at radius 3 is 2.44 bits per heavy atom. The van der Waals surface area contributed by atoms with E-state index >= 15 is 0 Å². The highest BCUT2D eigenvalue weighted by Crippen LogP contribution is 2.27. The van der Waals surface area contributed by atoms with Gasteiger partial charge in [0.15, 0.2) is 18.1 Å². The topological polar surface area (TPSA) is 115 Å². The molecular formula is C22H24FN3O6. The number of nitrogens with zero attached hydrogens (tertiary/aromatic N) is 1. The lowest BCUT2D eigenvalue weighted by atomic mass is 10.2. The monoisotopic (exact) mass is 445 g/mol. The second kappa shape index (κ2) is 12.7. The molecule has 0 aliphatic heterocycles. The fraction of sp³-hybridized carbons (Fsp3) is 0.273. The normalized spacial score (nSPS) is 10.5. The zero-order chi connectivity index (χ0) is 23.3. The molecule has 0 aliphatic rings. The first-order chi connectivity index (χ1) is 15.4. The molecule has 10 heteroatoms. The van der Waals surface area contributed by atoms with Crippen molar-refractivity contribution in [1.82, 2.24) is 5.43 Å². The van der Waals surface area contributed by atoms with Gasteiger partial charge < -0.3 is 19.5 Å². The van der Waals surface area contributed by atoms with Crippen LogP contribution in [0.4, 0.5) is 10.1 Å². The quantitative estimate of drug-likeness (QED) is 0.312. The fourth-order valence-electron chi connectivity index (χ4n) is 2.44. The molecule has 0 saturated heterocycles. The zero-order valence-electron chi connectivity index (χ0n) is 17.7. The van der Waals surface area contributed by atoms with Gasteiger partial charge in [0, 0.05) is 18.5 Å². The SMILES string of the molecule is CCOC(=O)COc1ccc(C=NNC(=O)CCC(=O)Nc2ccc(F)cc2)cc1OC. The van der Waals surface area contributed by atoms with Crippen LogP contribution in [-0.4, -0.2) is 44.3 Å². The van der Waals surface area contributed by atoms with Crippen LogP contribution in [-0.2, 0) is 19.1 Å². The minimum atomic E-state index is -0.491. The molecule has 2 N–H and O–H groups in total. The second-order valence-corrected chi connectivity index (χ2v) is 6.35. The van der Waals surface area contributed by atoms with E-state index in [0.717, 1.165) is 0 Å². The molecule has 170 valence electrons. The van der Waals surface area contributed by atoms with E-state index in [1.165, 1.54) is 37.6 Å². The maximum atomic E-state index is 12.9. The number of carbonyl (C=O) groups is 3. The standard InChI is InChI=1S/C22H24FN3O6/c1-3-31-22(29)14-32-18-9-4-15(12-19(18)30-2)13-24-26-21(28)11-10-20(27)25-17-7-5-16(23)6-8-17/h4-9,12-13H,3,10-11,14H2,1-2H3,(H,25,27)(H,26,28). The van der Waals surface area contributed by atoms with Crippen LogP contribution in [0.2, 0.25) is 0 Å². The predicted octanol–water partition coefficient (Wildman–Crippen LogP) is 2.65. The van der Waals surface area contributed by atoms with Gasteiger partial charge in [0.25, 0.3) is 0 Å². The minimum absolute atomic E-state index is 0.0565. The van der Waals surface area contributed by atoms with Crippen LogP contribution in [0.5, 0.6) is 11.5 Å². The molecule has 0 aliphatic carbocycles. The Hall–Kier alpha value is -3.95. The van der Waals surface area contributed by atoms with Gasteiger partial charge in [-0.2, -0.15) is 5.10 Å². The first-order valence-corrected chi connectivity index (χ1v) is 9.75. The Kier molecular flexibility index (Phi) is 9.64. The van der Waals surface area contributed by atoms with E-state index < -0.39 is 17.7 Å². The summed E-state index contributed by atoms with van der Waals surface area (Å²) in [6.45, 7) is 1.72. The summed E-state index contributed by atoms with van der Waals surface area (Å²) in [6, 6.07) is 10.2. The molecule has 2 rings (SSSR count). The van der Waals surface area contributed by atoms with Crippen LogP contribution in [0, 0.1) is 5.82 Å². The maximum absolute atomic E-state index is 12.9. The summed E-state index contributed by atoms with van der Waals surface area (Å²) in [4.78, 5) is 35.1. The number of hydrogen-bond acceptors (Lipinski definition) is 7. The molecule has 0 atom stereocenters. The smallest absolute Gasteiger partial charge is 0.344 e. The number of carbonyl (C=O) groups excluding carboxylic acids is 3. The van der Waals surface area contributed by atoms with Crippen LogP contribution in [0.15, 0.2) is 47.6 Å². The molecule has 0 saturated carbocycles. The van der Waals surface area contributed by atoms with Gasteiger partial charge >= 0.3 is 5.97 Å². The van der Waals surface area contributed by atoms with Gasteiger partial charge in [0.05, 0.1) is 19.9 Å². The van der Waals surface area contributed by atoms with Crippen molar-refractivity contribution in [3.8, 4) is 11.5 Å². The van der Waals surface area contributed by atoms with E-state index in [-0.39, 0.29) is 32.0 Å². The average Bonchev–Trinajstić information content (AvgIpc) is 2.78. The third-order valence-corrected chi connectivity index (χ3v) is 3.95. The Labute approximate surface area is 184 Å². The van der Waals surface area contributed by atoms with Crippen LogP contribution in [0.3, 0.4) is 0 Å². The lowest BCUT2D eigenvalue weighted by molar-refractivity contribution is -0.145. The van der Waals surface area contributed by atoms with Gasteiger partial charge in [-0.25, -0.2) is 14.6 Å². The third kappa shape index (κ3) is 8.42. The molecule has 9 nitrogen and oxygen atoms in total. The highest BCUT2D eigenvalue weighted by molar-refractivity contribution is 5.93. The summed E-state index contributed by atoms with van der Waals surface area (Å²) < 4.78 is 28.3. The molecule has 2 aromatic rings. The molecule has 0 aromatic heterocycles. The molecule has 0 spiro atoms. The number of ether oxygens (including phenoxy) is 3. The van der Waals surface area contributed by atoms with Gasteiger partial charge in [-0.3, -0.25) is 9.59 Å². The number of nitrogens with one attached hydrogen (secondary N) is 2. The highest BCUT2D eigenvalue weighted by Gasteiger charge is 2.09. The lowest BCUT2D eigenvalue weighted by Crippen LogP contribution is -2.20. The van der Waals surface area contributed by atoms with Gasteiger partial charge in [-0.1, -0.05) is 0 Å². The molecule has 2 amide bonds. The van der Waals surface area contributed by atoms with E-state index in [9.17, 15) is 18.8 Å². The number of rotatable bonds is 11. The third-order valence-electron chi connectivity index (χ3n) is 3.95. The van der Waals surface area contributed by atoms with Gasteiger partial charge in [-0.05, 0) is 55.0 Å². The van der Waals surface area contributed by atoms with E-state index in [2.05, 4.69) is 15.8 Å². The molecule has 0 heterocycles. The molecule has 0 unspecified atom stereocenters. The van der Waals surface area contributed by atoms with Crippen molar-refractivity contribution in [2.24, 2.45) is 5.10 Å². The van der Waals surface area contributed by atoms with Crippen LogP contribution in [0.25, 0.3) is 0 Å². The van der Waals surface area contributed by atoms with Gasteiger partial charge in [-0.15, -0.1) is 0 Å². The first-order valence-electron chi connectivity index (χ1n) is 9.75. The Bertz CT molecular complexity index is 963. The summed E-state index contributed by atoms with van der Waals surface area (Å²) in [5.41, 5.74) is 3.39. The number of hydrogen-bond donors (Lipinski definition) is 2. The largest absolute Gasteiger partial charge is 0.493 e. The van der Waals surface area contributed by atoms with Crippen LogP contribution in [0.1, 0.15) is 25.3 Å². The Morgan fingerprint density at radius 1 is 1.03 bits per heavy atom. The summed E-state index contributed by atoms with van der Waals surface area (Å²) in [6.07, 6.45) is 1.27. The molecule has 32 heavy (non-hydrogen) atoms. The summed E-state index contributed by atoms with van der Waals surface area (Å²) in [5, 5.41) is 6.42. The van der Waals surface area contributed by atoms with Gasteiger partial charge in [0.2, 0.25) is 11.8 Å². The van der Waals surface area contributed by atoms with Gasteiger partial charge in [0.1, 0.15) is 5.82 Å². The fourth-order valence-corrected chi connectivity index (χ4v) is 2.44. The van der Waals surface area contributed by atoms with E-state index in [4.69, 9.17) is 14.2 Å². The average molecular weight is 445 g/mol. The van der Waals surface area contributed by atoms with E-state index in [1.807, 2.05) is 0 Å². The van der Waals surface area contributed by atoms with Crippen LogP contribution >= 0.6 is 0 Å². The van der Waals surface area contributed by atoms with Crippen molar-refractivity contribution in [1.29, 1.82) is 0 Å². The number of halogens is 1. The molecule has 0 radical (unpaired) electrons. The Balaban J connectivity index is 1.79. The van der Waals surface area contributed by atoms with Crippen molar-refractivity contribution < 1.29 is 33.0 Å². The lowest BCUT2D eigenvalue weighted by Gasteiger charge is -2.10. The Morgan fingerprint density at radius 2 is 1.75 bits per heavy atom. The minimum Gasteiger partial charge on any atom is -0.493 e. The predicted molar refractivity (Wildman–Crippen MR) is 115 cm³/mol. The number of hydrazone groups is 1. The highest BCUT2D eigenvalue weighted by atomic mass is 19.1. The van der Waals surface area contributed by atoms with Crippen molar-refractivity contribution in [2.45, 2.75) is 19.8 Å². The molecule has 0 bridgehead atoms. The van der Waals surface area contributed by atoms with E-state index in [0.29, 0.717) is 22.7 Å². The van der Waals surface area contributed by atoms with Crippen molar-refractivity contribution in [2.75, 3.05) is 25.6 Å². The number of amides is 2.